The van der Waals surface area contributed by atoms with E-state index < -0.39 is 11.7 Å². The summed E-state index contributed by atoms with van der Waals surface area (Å²) in [6.07, 6.45) is 2.34. The van der Waals surface area contributed by atoms with E-state index >= 15 is 0 Å². The summed E-state index contributed by atoms with van der Waals surface area (Å²) in [6, 6.07) is 8.76. The van der Waals surface area contributed by atoms with E-state index in [1.807, 2.05) is 65.3 Å². The zero-order valence-corrected chi connectivity index (χ0v) is 22.8. The smallest absolute Gasteiger partial charge is 0.328 e. The summed E-state index contributed by atoms with van der Waals surface area (Å²) in [4.78, 5) is 36.4. The molecule has 0 aliphatic carbocycles. The Morgan fingerprint density at radius 1 is 1.11 bits per heavy atom. The Morgan fingerprint density at radius 2 is 1.86 bits per heavy atom. The molecule has 3 N–H and O–H groups in total. The predicted octanol–water partition coefficient (Wildman–Crippen LogP) is 3.21. The van der Waals surface area contributed by atoms with E-state index in [1.165, 1.54) is 4.90 Å². The lowest BCUT2D eigenvalue weighted by Crippen LogP contribution is -2.74. The fraction of sp³-hybridized carbons (Fsp3) is 0.519. The van der Waals surface area contributed by atoms with Crippen molar-refractivity contribution in [1.29, 1.82) is 0 Å². The molecule has 0 saturated carbocycles. The van der Waals surface area contributed by atoms with Crippen LogP contribution in [0.4, 0.5) is 10.5 Å². The summed E-state index contributed by atoms with van der Waals surface area (Å²) >= 11 is 1.62. The molecule has 2 atom stereocenters. The van der Waals surface area contributed by atoms with Crippen LogP contribution >= 0.6 is 11.3 Å². The van der Waals surface area contributed by atoms with Crippen molar-refractivity contribution in [2.24, 2.45) is 4.99 Å². The number of hydrogen-bond acceptors (Lipinski definition) is 8. The Bertz CT molecular complexity index is 1110. The number of anilines is 1. The Kier molecular flexibility index (Phi) is 8.51. The van der Waals surface area contributed by atoms with Gasteiger partial charge in [-0.1, -0.05) is 32.9 Å². The number of fused-ring (bicyclic) bond motifs is 1. The van der Waals surface area contributed by atoms with Gasteiger partial charge in [0.15, 0.2) is 11.7 Å². The van der Waals surface area contributed by atoms with Crippen LogP contribution < -0.4 is 5.73 Å². The van der Waals surface area contributed by atoms with Crippen molar-refractivity contribution in [2.75, 3.05) is 38.5 Å². The maximum Gasteiger partial charge on any atom is 0.328 e. The molecule has 1 fully saturated rings. The highest BCUT2D eigenvalue weighted by Gasteiger charge is 2.62. The molecule has 200 valence electrons. The normalized spacial score (nSPS) is 21.7. The number of nitrogens with two attached hydrogens (primary N) is 1. The van der Waals surface area contributed by atoms with Gasteiger partial charge in [-0.3, -0.25) is 19.6 Å². The van der Waals surface area contributed by atoms with E-state index in [0.717, 1.165) is 17.0 Å². The third-order valence-corrected chi connectivity index (χ3v) is 7.97. The fourth-order valence-corrected chi connectivity index (χ4v) is 6.08. The van der Waals surface area contributed by atoms with Gasteiger partial charge < -0.3 is 10.8 Å². The quantitative estimate of drug-likeness (QED) is 0.412. The molecule has 2 aliphatic heterocycles. The Morgan fingerprint density at radius 3 is 2.46 bits per heavy atom. The first-order valence-electron chi connectivity index (χ1n) is 13.1. The number of amidine groups is 1. The number of imide groups is 1. The first-order chi connectivity index (χ1) is 17.9. The minimum absolute atomic E-state index is 0.0471. The van der Waals surface area contributed by atoms with Gasteiger partial charge in [-0.15, -0.1) is 0 Å². The number of nitrogens with zero attached hydrogens (tertiary/aromatic N) is 5. The molecule has 1 aromatic heterocycles. The summed E-state index contributed by atoms with van der Waals surface area (Å²) in [6.45, 7) is 7.67. The standard InChI is InChI=1S/C27H38N6O3S/c1-4-13-31-25(35)24-27(5-2,32(26(31)36)14-11-20-7-9-22(28)10-8-20)29-23(18-21-12-17-37-19-21)33(24)30(6-3)15-16-34/h7-10,12,17,19,24,34H,4-6,11,13-16,18,28H2,1-3H3. The van der Waals surface area contributed by atoms with E-state index in [9.17, 15) is 14.7 Å². The number of hydrazine groups is 1. The SMILES string of the molecule is CCCN1C(=O)C2N(N(CC)CCO)C(Cc3ccsc3)=NC2(CC)N(CCc2ccc(N)cc2)C1=O. The number of likely N-dealkylation sites (N-methyl/N-ethyl adjacent to an activating group) is 1. The van der Waals surface area contributed by atoms with Crippen LogP contribution in [0.5, 0.6) is 0 Å². The van der Waals surface area contributed by atoms with E-state index in [1.54, 1.807) is 11.3 Å². The number of urea groups is 1. The molecule has 3 amide bonds. The lowest BCUT2D eigenvalue weighted by Gasteiger charge is -2.51. The molecule has 1 saturated heterocycles. The number of hydrogen-bond donors (Lipinski definition) is 2. The molecule has 0 spiro atoms. The van der Waals surface area contributed by atoms with Crippen LogP contribution in [0, 0.1) is 0 Å². The van der Waals surface area contributed by atoms with E-state index in [4.69, 9.17) is 10.7 Å². The second-order valence-electron chi connectivity index (χ2n) is 9.50. The van der Waals surface area contributed by atoms with Crippen molar-refractivity contribution in [3.05, 3.63) is 52.2 Å². The molecular formula is C27H38N6O3S. The predicted molar refractivity (Wildman–Crippen MR) is 147 cm³/mol. The van der Waals surface area contributed by atoms with Gasteiger partial charge in [0.2, 0.25) is 0 Å². The van der Waals surface area contributed by atoms with Gasteiger partial charge in [0.1, 0.15) is 5.84 Å². The largest absolute Gasteiger partial charge is 0.399 e. The fourth-order valence-electron chi connectivity index (χ4n) is 5.41. The Labute approximate surface area is 223 Å². The molecule has 3 heterocycles. The number of aliphatic hydroxyl groups excluding tert-OH is 1. The van der Waals surface area contributed by atoms with Crippen LogP contribution in [0.3, 0.4) is 0 Å². The molecule has 0 radical (unpaired) electrons. The molecule has 9 nitrogen and oxygen atoms in total. The van der Waals surface area contributed by atoms with Crippen molar-refractivity contribution < 1.29 is 14.7 Å². The van der Waals surface area contributed by atoms with Crippen LogP contribution in [-0.2, 0) is 17.6 Å². The molecule has 2 unspecified atom stereocenters. The zero-order valence-electron chi connectivity index (χ0n) is 22.0. The number of nitrogen functional groups attached to an aromatic ring is 1. The number of aliphatic hydroxyl groups is 1. The molecule has 10 heteroatoms. The molecule has 2 aromatic rings. The van der Waals surface area contributed by atoms with Gasteiger partial charge >= 0.3 is 6.03 Å². The summed E-state index contributed by atoms with van der Waals surface area (Å²) in [7, 11) is 0. The molecular weight excluding hydrogens is 488 g/mol. The molecule has 4 rings (SSSR count). The highest BCUT2D eigenvalue weighted by molar-refractivity contribution is 7.08. The summed E-state index contributed by atoms with van der Waals surface area (Å²) < 4.78 is 0. The van der Waals surface area contributed by atoms with Crippen LogP contribution in [0.2, 0.25) is 0 Å². The van der Waals surface area contributed by atoms with E-state index in [2.05, 4.69) is 11.4 Å². The summed E-state index contributed by atoms with van der Waals surface area (Å²) in [5.74, 6) is 0.524. The van der Waals surface area contributed by atoms with E-state index in [-0.39, 0.29) is 18.5 Å². The minimum atomic E-state index is -1.03. The molecule has 37 heavy (non-hydrogen) atoms. The van der Waals surface area contributed by atoms with Crippen LogP contribution in [-0.4, -0.2) is 87.2 Å². The number of carbonyl (C=O) groups is 2. The lowest BCUT2D eigenvalue weighted by atomic mass is 9.91. The van der Waals surface area contributed by atoms with Crippen LogP contribution in [0.1, 0.15) is 44.7 Å². The number of carbonyl (C=O) groups excluding carboxylic acids is 2. The zero-order chi connectivity index (χ0) is 26.6. The molecule has 0 bridgehead atoms. The van der Waals surface area contributed by atoms with E-state index in [0.29, 0.717) is 57.5 Å². The molecule has 2 aliphatic rings. The number of aliphatic imine (C=N–C) groups is 1. The summed E-state index contributed by atoms with van der Waals surface area (Å²) in [5.41, 5.74) is 7.71. The second-order valence-corrected chi connectivity index (χ2v) is 10.3. The first kappa shape index (κ1) is 27.1. The highest BCUT2D eigenvalue weighted by Crippen LogP contribution is 2.42. The maximum atomic E-state index is 14.1. The molecule has 1 aromatic carbocycles. The Hall–Kier alpha value is -2.95. The average Bonchev–Trinajstić information content (AvgIpc) is 3.53. The Balaban J connectivity index is 1.79. The van der Waals surface area contributed by atoms with Gasteiger partial charge in [0, 0.05) is 38.3 Å². The maximum absolute atomic E-state index is 14.1. The van der Waals surface area contributed by atoms with Crippen molar-refractivity contribution in [2.45, 2.75) is 58.2 Å². The van der Waals surface area contributed by atoms with Gasteiger partial charge in [-0.2, -0.15) is 11.3 Å². The van der Waals surface area contributed by atoms with Gasteiger partial charge in [-0.25, -0.2) is 14.8 Å². The number of benzene rings is 1. The minimum Gasteiger partial charge on any atom is -0.399 e. The number of amides is 3. The van der Waals surface area contributed by atoms with Crippen molar-refractivity contribution in [3.63, 3.8) is 0 Å². The average molecular weight is 527 g/mol. The van der Waals surface area contributed by atoms with Crippen molar-refractivity contribution in [1.82, 2.24) is 19.8 Å². The number of rotatable bonds is 12. The highest BCUT2D eigenvalue weighted by atomic mass is 32.1. The first-order valence-corrected chi connectivity index (χ1v) is 14.1. The van der Waals surface area contributed by atoms with Crippen molar-refractivity contribution in [3.8, 4) is 0 Å². The van der Waals surface area contributed by atoms with Crippen LogP contribution in [0.15, 0.2) is 46.1 Å². The second kappa shape index (κ2) is 11.6. The monoisotopic (exact) mass is 526 g/mol. The third-order valence-electron chi connectivity index (χ3n) is 7.24. The van der Waals surface area contributed by atoms with Gasteiger partial charge in [-0.05, 0) is 59.3 Å². The lowest BCUT2D eigenvalue weighted by molar-refractivity contribution is -0.151. The topological polar surface area (TPSA) is 106 Å². The third kappa shape index (κ3) is 5.10. The van der Waals surface area contributed by atoms with Crippen LogP contribution in [0.25, 0.3) is 0 Å². The number of thiophene rings is 1. The van der Waals surface area contributed by atoms with Gasteiger partial charge in [0.05, 0.1) is 6.61 Å². The van der Waals surface area contributed by atoms with Crippen molar-refractivity contribution >= 4 is 34.8 Å². The van der Waals surface area contributed by atoms with Gasteiger partial charge in [0.25, 0.3) is 5.91 Å². The summed E-state index contributed by atoms with van der Waals surface area (Å²) in [5, 5.41) is 17.9.